The van der Waals surface area contributed by atoms with Crippen molar-refractivity contribution in [1.82, 2.24) is 10.3 Å². The molecular formula is C11H13ClN2O3. The fourth-order valence-electron chi connectivity index (χ4n) is 1.06. The summed E-state index contributed by atoms with van der Waals surface area (Å²) in [6, 6.07) is 1.40. The molecule has 0 aliphatic carbocycles. The topological polar surface area (TPSA) is 68.3 Å². The molecule has 1 N–H and O–H groups in total. The highest BCUT2D eigenvalue weighted by molar-refractivity contribution is 6.32. The van der Waals surface area contributed by atoms with Gasteiger partial charge in [0.05, 0.1) is 5.56 Å². The van der Waals surface area contributed by atoms with E-state index in [1.165, 1.54) is 12.3 Å². The van der Waals surface area contributed by atoms with Gasteiger partial charge in [0.1, 0.15) is 10.9 Å². The molecule has 6 heteroatoms. The van der Waals surface area contributed by atoms with Gasteiger partial charge >= 0.3 is 6.09 Å². The van der Waals surface area contributed by atoms with E-state index in [-0.39, 0.29) is 16.5 Å². The second kappa shape index (κ2) is 5.14. The molecule has 0 bridgehead atoms. The van der Waals surface area contributed by atoms with Crippen LogP contribution in [-0.4, -0.2) is 22.9 Å². The van der Waals surface area contributed by atoms with Crippen molar-refractivity contribution < 1.29 is 14.3 Å². The molecular weight excluding hydrogens is 244 g/mol. The largest absolute Gasteiger partial charge is 0.413 e. The molecule has 0 radical (unpaired) electrons. The van der Waals surface area contributed by atoms with Crippen LogP contribution in [0.3, 0.4) is 0 Å². The molecule has 0 saturated heterocycles. The molecule has 0 spiro atoms. The van der Waals surface area contributed by atoms with E-state index in [4.69, 9.17) is 16.3 Å². The number of nitrogens with zero attached hydrogens (tertiary/aromatic N) is 1. The fourth-order valence-corrected chi connectivity index (χ4v) is 1.25. The molecule has 92 valence electrons. The van der Waals surface area contributed by atoms with Crippen molar-refractivity contribution in [3.63, 3.8) is 0 Å². The molecule has 1 rings (SSSR count). The molecule has 1 heterocycles. The van der Waals surface area contributed by atoms with Crippen LogP contribution in [0.15, 0.2) is 12.3 Å². The zero-order valence-electron chi connectivity index (χ0n) is 9.78. The average Bonchev–Trinajstić information content (AvgIpc) is 2.14. The first-order chi connectivity index (χ1) is 7.83. The van der Waals surface area contributed by atoms with Gasteiger partial charge in [0.25, 0.3) is 0 Å². The van der Waals surface area contributed by atoms with Gasteiger partial charge in [-0.2, -0.15) is 0 Å². The van der Waals surface area contributed by atoms with E-state index in [2.05, 4.69) is 10.3 Å². The predicted molar refractivity (Wildman–Crippen MR) is 63.5 cm³/mol. The Morgan fingerprint density at radius 1 is 1.53 bits per heavy atom. The van der Waals surface area contributed by atoms with E-state index < -0.39 is 11.6 Å². The third-order valence-corrected chi connectivity index (χ3v) is 2.00. The first kappa shape index (κ1) is 13.4. The molecule has 0 saturated carbocycles. The van der Waals surface area contributed by atoms with Gasteiger partial charge in [-0.1, -0.05) is 11.6 Å². The van der Waals surface area contributed by atoms with Crippen molar-refractivity contribution in [1.29, 1.82) is 0 Å². The average molecular weight is 257 g/mol. The van der Waals surface area contributed by atoms with Gasteiger partial charge in [-0.3, -0.25) is 4.79 Å². The summed E-state index contributed by atoms with van der Waals surface area (Å²) in [5, 5.41) is 2.60. The van der Waals surface area contributed by atoms with E-state index in [1.54, 1.807) is 0 Å². The van der Waals surface area contributed by atoms with Crippen LogP contribution in [0.4, 0.5) is 4.79 Å². The van der Waals surface area contributed by atoms with Gasteiger partial charge in [0.15, 0.2) is 6.29 Å². The second-order valence-electron chi connectivity index (χ2n) is 4.40. The molecule has 1 aromatic heterocycles. The van der Waals surface area contributed by atoms with E-state index in [9.17, 15) is 9.59 Å². The first-order valence-corrected chi connectivity index (χ1v) is 5.31. The number of carbonyl (C=O) groups is 2. The van der Waals surface area contributed by atoms with Crippen LogP contribution in [0.2, 0.25) is 5.15 Å². The standard InChI is InChI=1S/C11H13ClN2O3/c1-11(2,3)14-10(16)17-8-4-5-13-9(12)7(8)6-15/h4-6H,1-3H3,(H,14,16). The SMILES string of the molecule is CC(C)(C)NC(=O)Oc1ccnc(Cl)c1C=O. The lowest BCUT2D eigenvalue weighted by molar-refractivity contribution is 0.112. The zero-order valence-corrected chi connectivity index (χ0v) is 10.5. The summed E-state index contributed by atoms with van der Waals surface area (Å²) in [7, 11) is 0. The summed E-state index contributed by atoms with van der Waals surface area (Å²) in [6.45, 7) is 5.44. The lowest BCUT2D eigenvalue weighted by atomic mass is 10.1. The number of aldehydes is 1. The number of halogens is 1. The lowest BCUT2D eigenvalue weighted by Crippen LogP contribution is -2.42. The Morgan fingerprint density at radius 3 is 2.71 bits per heavy atom. The third-order valence-electron chi connectivity index (χ3n) is 1.70. The highest BCUT2D eigenvalue weighted by Crippen LogP contribution is 2.22. The Bertz CT molecular complexity index is 441. The molecule has 0 fully saturated rings. The molecule has 17 heavy (non-hydrogen) atoms. The Hall–Kier alpha value is -1.62. The van der Waals surface area contributed by atoms with Gasteiger partial charge < -0.3 is 10.1 Å². The second-order valence-corrected chi connectivity index (χ2v) is 4.75. The van der Waals surface area contributed by atoms with Crippen molar-refractivity contribution >= 4 is 24.0 Å². The minimum absolute atomic E-state index is 0.000980. The number of carbonyl (C=O) groups excluding carboxylic acids is 2. The van der Waals surface area contributed by atoms with Crippen LogP contribution >= 0.6 is 11.6 Å². The summed E-state index contributed by atoms with van der Waals surface area (Å²) < 4.78 is 4.99. The molecule has 1 amide bonds. The van der Waals surface area contributed by atoms with E-state index >= 15 is 0 Å². The van der Waals surface area contributed by atoms with E-state index in [0.29, 0.717) is 6.29 Å². The van der Waals surface area contributed by atoms with Crippen molar-refractivity contribution in [3.8, 4) is 5.75 Å². The van der Waals surface area contributed by atoms with E-state index in [1.807, 2.05) is 20.8 Å². The summed E-state index contributed by atoms with van der Waals surface area (Å²) in [6.07, 6.45) is 1.20. The quantitative estimate of drug-likeness (QED) is 0.652. The molecule has 0 unspecified atom stereocenters. The van der Waals surface area contributed by atoms with Crippen LogP contribution < -0.4 is 10.1 Å². The van der Waals surface area contributed by atoms with Gasteiger partial charge in [0, 0.05) is 17.8 Å². The molecule has 0 aromatic carbocycles. The normalized spacial score (nSPS) is 10.8. The Labute approximate surface area is 104 Å². The summed E-state index contributed by atoms with van der Waals surface area (Å²) in [5.74, 6) is 0.0850. The Kier molecular flexibility index (Phi) is 4.07. The van der Waals surface area contributed by atoms with Gasteiger partial charge in [-0.25, -0.2) is 9.78 Å². The van der Waals surface area contributed by atoms with Crippen LogP contribution in [0.1, 0.15) is 31.1 Å². The summed E-state index contributed by atoms with van der Waals surface area (Å²) in [4.78, 5) is 26.0. The molecule has 5 nitrogen and oxygen atoms in total. The monoisotopic (exact) mass is 256 g/mol. The lowest BCUT2D eigenvalue weighted by Gasteiger charge is -2.20. The van der Waals surface area contributed by atoms with Crippen molar-refractivity contribution in [2.24, 2.45) is 0 Å². The zero-order chi connectivity index (χ0) is 13.1. The van der Waals surface area contributed by atoms with E-state index in [0.717, 1.165) is 0 Å². The molecule has 0 aliphatic rings. The maximum Gasteiger partial charge on any atom is 0.413 e. The minimum Gasteiger partial charge on any atom is -0.409 e. The number of aromatic nitrogens is 1. The number of ether oxygens (including phenoxy) is 1. The van der Waals surface area contributed by atoms with Crippen LogP contribution in [0.25, 0.3) is 0 Å². The molecule has 0 atom stereocenters. The van der Waals surface area contributed by atoms with Gasteiger partial charge in [-0.05, 0) is 20.8 Å². The highest BCUT2D eigenvalue weighted by atomic mass is 35.5. The predicted octanol–water partition coefficient (Wildman–Crippen LogP) is 2.43. The summed E-state index contributed by atoms with van der Waals surface area (Å²) in [5.41, 5.74) is -0.367. The van der Waals surface area contributed by atoms with Crippen LogP contribution in [-0.2, 0) is 0 Å². The number of amides is 1. The number of rotatable bonds is 2. The van der Waals surface area contributed by atoms with Crippen LogP contribution in [0, 0.1) is 0 Å². The van der Waals surface area contributed by atoms with Crippen molar-refractivity contribution in [3.05, 3.63) is 23.0 Å². The van der Waals surface area contributed by atoms with Crippen LogP contribution in [0.5, 0.6) is 5.75 Å². The first-order valence-electron chi connectivity index (χ1n) is 4.93. The number of nitrogens with one attached hydrogen (secondary N) is 1. The Balaban J connectivity index is 2.85. The summed E-state index contributed by atoms with van der Waals surface area (Å²) >= 11 is 5.69. The van der Waals surface area contributed by atoms with Gasteiger partial charge in [-0.15, -0.1) is 0 Å². The van der Waals surface area contributed by atoms with Crippen molar-refractivity contribution in [2.45, 2.75) is 26.3 Å². The third kappa shape index (κ3) is 4.03. The van der Waals surface area contributed by atoms with Crippen molar-refractivity contribution in [2.75, 3.05) is 0 Å². The minimum atomic E-state index is -0.650. The smallest absolute Gasteiger partial charge is 0.409 e. The number of pyridine rings is 1. The van der Waals surface area contributed by atoms with Gasteiger partial charge in [0.2, 0.25) is 0 Å². The molecule has 1 aromatic rings. The number of hydrogen-bond donors (Lipinski definition) is 1. The fraction of sp³-hybridized carbons (Fsp3) is 0.364. The maximum absolute atomic E-state index is 11.5. The number of hydrogen-bond acceptors (Lipinski definition) is 4. The maximum atomic E-state index is 11.5. The molecule has 0 aliphatic heterocycles. The highest BCUT2D eigenvalue weighted by Gasteiger charge is 2.17. The Morgan fingerprint density at radius 2 is 2.18 bits per heavy atom.